The molecule has 25 heavy (non-hydrogen) atoms. The number of urea groups is 1. The summed E-state index contributed by atoms with van der Waals surface area (Å²) >= 11 is 1.65. The minimum atomic E-state index is -0.0130. The van der Waals surface area contributed by atoms with E-state index in [0.717, 1.165) is 23.6 Å². The fourth-order valence-electron chi connectivity index (χ4n) is 3.36. The Bertz CT molecular complexity index is 681. The minimum absolute atomic E-state index is 0.0130. The molecule has 6 heteroatoms. The third-order valence-electron chi connectivity index (χ3n) is 4.88. The van der Waals surface area contributed by atoms with Crippen molar-refractivity contribution in [3.8, 4) is 0 Å². The predicted molar refractivity (Wildman–Crippen MR) is 104 cm³/mol. The largest absolute Gasteiger partial charge is 0.338 e. The first-order chi connectivity index (χ1) is 12.0. The molecule has 2 aromatic rings. The summed E-state index contributed by atoms with van der Waals surface area (Å²) in [6.45, 7) is 8.05. The number of hydrogen-bond acceptors (Lipinski definition) is 4. The number of rotatable bonds is 5. The molecule has 2 heterocycles. The van der Waals surface area contributed by atoms with Gasteiger partial charge in [-0.3, -0.25) is 0 Å². The second-order valence-corrected chi connectivity index (χ2v) is 8.33. The molecule has 2 amide bonds. The number of hydrogen-bond donors (Lipinski definition) is 1. The lowest BCUT2D eigenvalue weighted by molar-refractivity contribution is 0.137. The number of carbonyl (C=O) groups excluding carboxylic acids is 1. The topological polar surface area (TPSA) is 48.5 Å². The van der Waals surface area contributed by atoms with Crippen molar-refractivity contribution in [3.05, 3.63) is 29.3 Å². The van der Waals surface area contributed by atoms with Crippen LogP contribution in [0.3, 0.4) is 0 Å². The minimum Gasteiger partial charge on any atom is -0.338 e. The van der Waals surface area contributed by atoms with E-state index < -0.39 is 0 Å². The van der Waals surface area contributed by atoms with Crippen LogP contribution in [0.1, 0.15) is 31.7 Å². The van der Waals surface area contributed by atoms with Crippen LogP contribution in [0.15, 0.2) is 24.3 Å². The molecule has 0 aliphatic carbocycles. The maximum Gasteiger partial charge on any atom is 0.317 e. The summed E-state index contributed by atoms with van der Waals surface area (Å²) in [5, 5.41) is 4.08. The number of fused-ring (bicyclic) bond motifs is 1. The van der Waals surface area contributed by atoms with E-state index in [-0.39, 0.29) is 6.03 Å². The summed E-state index contributed by atoms with van der Waals surface area (Å²) in [7, 11) is 1.84. The standard InChI is InChI=1S/C19H28N4OS/c1-14(2)23-10-6-7-15(12-23)11-20-19(24)22(3)13-18-21-16-8-4-5-9-17(16)25-18/h4-5,8-9,14-15H,6-7,10-13H2,1-3H3,(H,20,24). The van der Waals surface area contributed by atoms with E-state index in [1.165, 1.54) is 24.1 Å². The second kappa shape index (κ2) is 8.15. The van der Waals surface area contributed by atoms with E-state index >= 15 is 0 Å². The van der Waals surface area contributed by atoms with Gasteiger partial charge in [-0.15, -0.1) is 11.3 Å². The monoisotopic (exact) mass is 360 g/mol. The van der Waals surface area contributed by atoms with Gasteiger partial charge in [-0.25, -0.2) is 9.78 Å². The summed E-state index contributed by atoms with van der Waals surface area (Å²) < 4.78 is 1.17. The zero-order valence-corrected chi connectivity index (χ0v) is 16.2. The van der Waals surface area contributed by atoms with Crippen LogP contribution in [0.5, 0.6) is 0 Å². The van der Waals surface area contributed by atoms with Crippen molar-refractivity contribution in [2.24, 2.45) is 5.92 Å². The maximum atomic E-state index is 12.4. The van der Waals surface area contributed by atoms with Gasteiger partial charge in [-0.2, -0.15) is 0 Å². The highest BCUT2D eigenvalue weighted by molar-refractivity contribution is 7.18. The van der Waals surface area contributed by atoms with Crippen molar-refractivity contribution in [2.75, 3.05) is 26.7 Å². The molecule has 0 spiro atoms. The number of thiazole rings is 1. The van der Waals surface area contributed by atoms with E-state index in [2.05, 4.69) is 35.1 Å². The lowest BCUT2D eigenvalue weighted by Crippen LogP contribution is -2.45. The third kappa shape index (κ3) is 4.70. The van der Waals surface area contributed by atoms with E-state index in [1.807, 2.05) is 25.2 Å². The number of benzene rings is 1. The normalized spacial score (nSPS) is 18.6. The zero-order chi connectivity index (χ0) is 17.8. The number of nitrogens with zero attached hydrogens (tertiary/aromatic N) is 3. The fourth-order valence-corrected chi connectivity index (χ4v) is 4.38. The van der Waals surface area contributed by atoms with Crippen molar-refractivity contribution < 1.29 is 4.79 Å². The van der Waals surface area contributed by atoms with Crippen LogP contribution >= 0.6 is 11.3 Å². The van der Waals surface area contributed by atoms with E-state index in [9.17, 15) is 4.79 Å². The fraction of sp³-hybridized carbons (Fsp3) is 0.579. The molecule has 1 unspecified atom stereocenters. The molecule has 0 bridgehead atoms. The zero-order valence-electron chi connectivity index (χ0n) is 15.4. The van der Waals surface area contributed by atoms with Gasteiger partial charge >= 0.3 is 6.03 Å². The molecule has 1 aromatic carbocycles. The molecule has 1 atom stereocenters. The van der Waals surface area contributed by atoms with Crippen LogP contribution in [-0.4, -0.2) is 53.5 Å². The average molecular weight is 361 g/mol. The lowest BCUT2D eigenvalue weighted by atomic mass is 9.97. The summed E-state index contributed by atoms with van der Waals surface area (Å²) in [6, 6.07) is 8.67. The van der Waals surface area contributed by atoms with Gasteiger partial charge in [0.15, 0.2) is 0 Å². The van der Waals surface area contributed by atoms with E-state index in [0.29, 0.717) is 18.5 Å². The van der Waals surface area contributed by atoms with Gasteiger partial charge in [0.25, 0.3) is 0 Å². The van der Waals surface area contributed by atoms with Crippen LogP contribution in [0.4, 0.5) is 4.79 Å². The highest BCUT2D eigenvalue weighted by atomic mass is 32.1. The molecule has 1 aromatic heterocycles. The first-order valence-corrected chi connectivity index (χ1v) is 9.92. The Balaban J connectivity index is 1.49. The molecular weight excluding hydrogens is 332 g/mol. The number of para-hydroxylation sites is 1. The summed E-state index contributed by atoms with van der Waals surface area (Å²) in [6.07, 6.45) is 2.42. The molecule has 136 valence electrons. The SMILES string of the molecule is CC(C)N1CCCC(CNC(=O)N(C)Cc2nc3ccccc3s2)C1. The Kier molecular flexibility index (Phi) is 5.91. The highest BCUT2D eigenvalue weighted by Gasteiger charge is 2.22. The molecule has 3 rings (SSSR count). The average Bonchev–Trinajstić information content (AvgIpc) is 3.02. The van der Waals surface area contributed by atoms with Crippen LogP contribution in [0.25, 0.3) is 10.2 Å². The van der Waals surface area contributed by atoms with Crippen LogP contribution < -0.4 is 5.32 Å². The Morgan fingerprint density at radius 3 is 3.00 bits per heavy atom. The summed E-state index contributed by atoms with van der Waals surface area (Å²) in [4.78, 5) is 21.2. The number of carbonyl (C=O) groups is 1. The number of aromatic nitrogens is 1. The second-order valence-electron chi connectivity index (χ2n) is 7.21. The van der Waals surface area contributed by atoms with E-state index in [1.54, 1.807) is 16.2 Å². The molecule has 1 aliphatic heterocycles. The molecule has 5 nitrogen and oxygen atoms in total. The summed E-state index contributed by atoms with van der Waals surface area (Å²) in [5.74, 6) is 0.552. The van der Waals surface area contributed by atoms with Gasteiger partial charge in [0.05, 0.1) is 16.8 Å². The van der Waals surface area contributed by atoms with Gasteiger partial charge in [0, 0.05) is 26.2 Å². The molecular formula is C19H28N4OS. The van der Waals surface area contributed by atoms with Crippen molar-refractivity contribution in [1.29, 1.82) is 0 Å². The number of piperidine rings is 1. The smallest absolute Gasteiger partial charge is 0.317 e. The quantitative estimate of drug-likeness (QED) is 0.887. The number of likely N-dealkylation sites (tertiary alicyclic amines) is 1. The Hall–Kier alpha value is -1.66. The van der Waals surface area contributed by atoms with Crippen molar-refractivity contribution >= 4 is 27.6 Å². The molecule has 1 aliphatic rings. The number of nitrogens with one attached hydrogen (secondary N) is 1. The van der Waals surface area contributed by atoms with Crippen LogP contribution in [0, 0.1) is 5.92 Å². The first-order valence-electron chi connectivity index (χ1n) is 9.10. The molecule has 1 N–H and O–H groups in total. The maximum absolute atomic E-state index is 12.4. The van der Waals surface area contributed by atoms with E-state index in [4.69, 9.17) is 0 Å². The van der Waals surface area contributed by atoms with Gasteiger partial charge in [0.2, 0.25) is 0 Å². The highest BCUT2D eigenvalue weighted by Crippen LogP contribution is 2.22. The lowest BCUT2D eigenvalue weighted by Gasteiger charge is -2.35. The molecule has 1 saturated heterocycles. The Morgan fingerprint density at radius 1 is 1.44 bits per heavy atom. The van der Waals surface area contributed by atoms with Gasteiger partial charge in [-0.05, 0) is 51.3 Å². The summed E-state index contributed by atoms with van der Waals surface area (Å²) in [5.41, 5.74) is 1.01. The Labute approximate surface area is 154 Å². The third-order valence-corrected chi connectivity index (χ3v) is 5.90. The van der Waals surface area contributed by atoms with Crippen molar-refractivity contribution in [3.63, 3.8) is 0 Å². The van der Waals surface area contributed by atoms with Crippen LogP contribution in [-0.2, 0) is 6.54 Å². The van der Waals surface area contributed by atoms with Crippen LogP contribution in [0.2, 0.25) is 0 Å². The Morgan fingerprint density at radius 2 is 2.24 bits per heavy atom. The molecule has 0 saturated carbocycles. The van der Waals surface area contributed by atoms with Crippen molar-refractivity contribution in [2.45, 2.75) is 39.3 Å². The van der Waals surface area contributed by atoms with Gasteiger partial charge < -0.3 is 15.1 Å². The number of amides is 2. The van der Waals surface area contributed by atoms with Crippen molar-refractivity contribution in [1.82, 2.24) is 20.1 Å². The predicted octanol–water partition coefficient (Wildman–Crippen LogP) is 3.56. The molecule has 1 fully saturated rings. The van der Waals surface area contributed by atoms with Gasteiger partial charge in [-0.1, -0.05) is 12.1 Å². The van der Waals surface area contributed by atoms with Gasteiger partial charge in [0.1, 0.15) is 5.01 Å². The molecule has 0 radical (unpaired) electrons. The first kappa shape index (κ1) is 18.1.